The number of pyridine rings is 1. The molecule has 0 amide bonds. The van der Waals surface area contributed by atoms with Crippen molar-refractivity contribution in [3.63, 3.8) is 0 Å². The van der Waals surface area contributed by atoms with Crippen LogP contribution in [0.1, 0.15) is 17.3 Å². The second-order valence-corrected chi connectivity index (χ2v) is 6.62. The summed E-state index contributed by atoms with van der Waals surface area (Å²) in [5.74, 6) is 0. The maximum absolute atomic E-state index is 10.8. The van der Waals surface area contributed by atoms with Crippen LogP contribution < -0.4 is 5.32 Å². The van der Waals surface area contributed by atoms with E-state index in [1.807, 2.05) is 18.2 Å². The highest BCUT2D eigenvalue weighted by Gasteiger charge is 2.30. The summed E-state index contributed by atoms with van der Waals surface area (Å²) >= 11 is 5.68. The molecule has 0 bridgehead atoms. The fourth-order valence-electron chi connectivity index (χ4n) is 3.36. The Morgan fingerprint density at radius 3 is 2.59 bits per heavy atom. The molecule has 27 heavy (non-hydrogen) atoms. The van der Waals surface area contributed by atoms with Gasteiger partial charge in [0, 0.05) is 55.2 Å². The lowest BCUT2D eigenvalue weighted by molar-refractivity contribution is -0.384. The zero-order valence-corrected chi connectivity index (χ0v) is 15.2. The molecule has 0 saturated carbocycles. The predicted molar refractivity (Wildman–Crippen MR) is 107 cm³/mol. The zero-order valence-electron chi connectivity index (χ0n) is 14.4. The first-order chi connectivity index (χ1) is 13.1. The van der Waals surface area contributed by atoms with Crippen LogP contribution in [0.4, 0.5) is 11.4 Å². The highest BCUT2D eigenvalue weighted by atomic mass is 32.1. The maximum Gasteiger partial charge on any atom is 0.269 e. The minimum absolute atomic E-state index is 0.0187. The van der Waals surface area contributed by atoms with Gasteiger partial charge in [-0.1, -0.05) is 0 Å². The molecule has 4 rings (SSSR count). The van der Waals surface area contributed by atoms with E-state index in [4.69, 9.17) is 12.2 Å². The number of nitrogens with zero attached hydrogens (tertiary/aromatic N) is 4. The van der Waals surface area contributed by atoms with Gasteiger partial charge in [-0.2, -0.15) is 0 Å². The van der Waals surface area contributed by atoms with Crippen molar-refractivity contribution in [1.29, 1.82) is 0 Å². The van der Waals surface area contributed by atoms with Crippen molar-refractivity contribution in [3.8, 4) is 0 Å². The number of fused-ring (bicyclic) bond motifs is 1. The van der Waals surface area contributed by atoms with E-state index in [0.717, 1.165) is 24.3 Å². The number of hydrogen-bond donors (Lipinski definition) is 1. The predicted octanol–water partition coefficient (Wildman–Crippen LogP) is 3.59. The molecule has 0 spiro atoms. The molecule has 0 fully saturated rings. The van der Waals surface area contributed by atoms with Gasteiger partial charge in [-0.3, -0.25) is 15.1 Å². The fourth-order valence-corrected chi connectivity index (χ4v) is 3.67. The monoisotopic (exact) mass is 379 g/mol. The van der Waals surface area contributed by atoms with Gasteiger partial charge in [0.2, 0.25) is 0 Å². The summed E-state index contributed by atoms with van der Waals surface area (Å²) in [5.41, 5.74) is 3.05. The lowest BCUT2D eigenvalue weighted by Gasteiger charge is -2.39. The quantitative estimate of drug-likeness (QED) is 0.426. The van der Waals surface area contributed by atoms with E-state index in [9.17, 15) is 10.1 Å². The van der Waals surface area contributed by atoms with Crippen molar-refractivity contribution in [1.82, 2.24) is 14.5 Å². The molecule has 1 unspecified atom stereocenters. The normalized spacial score (nSPS) is 15.9. The molecule has 1 aliphatic rings. The van der Waals surface area contributed by atoms with E-state index in [-0.39, 0.29) is 11.7 Å². The second kappa shape index (κ2) is 7.16. The smallest absolute Gasteiger partial charge is 0.269 e. The number of rotatable bonds is 3. The Balaban J connectivity index is 1.61. The maximum atomic E-state index is 10.8. The number of aromatic nitrogens is 2. The Morgan fingerprint density at radius 1 is 1.15 bits per heavy atom. The van der Waals surface area contributed by atoms with Gasteiger partial charge in [-0.25, -0.2) is 0 Å². The summed E-state index contributed by atoms with van der Waals surface area (Å²) in [5, 5.41) is 14.6. The Labute approximate surface area is 161 Å². The molecule has 2 aromatic heterocycles. The first-order valence-electron chi connectivity index (χ1n) is 8.50. The van der Waals surface area contributed by atoms with Crippen molar-refractivity contribution in [2.75, 3.05) is 11.9 Å². The molecular weight excluding hydrogens is 362 g/mol. The number of hydrogen-bond acceptors (Lipinski definition) is 4. The molecule has 136 valence electrons. The van der Waals surface area contributed by atoms with E-state index in [0.29, 0.717) is 5.11 Å². The van der Waals surface area contributed by atoms with E-state index in [1.54, 1.807) is 24.5 Å². The molecule has 0 saturated heterocycles. The Morgan fingerprint density at radius 2 is 1.89 bits per heavy atom. The average Bonchev–Trinajstić information content (AvgIpc) is 3.17. The fraction of sp³-hybridized carbons (Fsp3) is 0.158. The van der Waals surface area contributed by atoms with Crippen LogP contribution >= 0.6 is 12.2 Å². The Kier molecular flexibility index (Phi) is 4.55. The number of nitro benzene ring substituents is 1. The van der Waals surface area contributed by atoms with Gasteiger partial charge in [-0.15, -0.1) is 0 Å². The van der Waals surface area contributed by atoms with Crippen molar-refractivity contribution >= 4 is 28.7 Å². The van der Waals surface area contributed by atoms with Crippen LogP contribution in [0.2, 0.25) is 0 Å². The summed E-state index contributed by atoms with van der Waals surface area (Å²) in [4.78, 5) is 16.7. The van der Waals surface area contributed by atoms with Gasteiger partial charge >= 0.3 is 0 Å². The summed E-state index contributed by atoms with van der Waals surface area (Å²) in [6, 6.07) is 14.4. The van der Waals surface area contributed by atoms with Gasteiger partial charge in [0.15, 0.2) is 5.11 Å². The number of nitro groups is 1. The van der Waals surface area contributed by atoms with Crippen molar-refractivity contribution in [2.24, 2.45) is 0 Å². The highest BCUT2D eigenvalue weighted by molar-refractivity contribution is 7.80. The van der Waals surface area contributed by atoms with Crippen molar-refractivity contribution < 1.29 is 4.92 Å². The largest absolute Gasteiger partial charge is 0.348 e. The van der Waals surface area contributed by atoms with Crippen LogP contribution in [0.5, 0.6) is 0 Å². The molecule has 3 aromatic rings. The van der Waals surface area contributed by atoms with E-state index >= 15 is 0 Å². The highest BCUT2D eigenvalue weighted by Crippen LogP contribution is 2.32. The van der Waals surface area contributed by atoms with E-state index in [1.165, 1.54) is 17.8 Å². The van der Waals surface area contributed by atoms with Crippen molar-refractivity contribution in [2.45, 2.75) is 12.6 Å². The minimum atomic E-state index is -0.416. The molecule has 1 aliphatic heterocycles. The van der Waals surface area contributed by atoms with Crippen LogP contribution in [-0.2, 0) is 6.54 Å². The molecular formula is C19H17N5O2S. The molecule has 3 heterocycles. The SMILES string of the molecule is O=[N+]([O-])c1ccc(NC(=S)N2CCn3cccc3C2c2ccncc2)cc1. The van der Waals surface area contributed by atoms with Gasteiger partial charge < -0.3 is 14.8 Å². The second-order valence-electron chi connectivity index (χ2n) is 6.24. The minimum Gasteiger partial charge on any atom is -0.348 e. The summed E-state index contributed by atoms with van der Waals surface area (Å²) in [7, 11) is 0. The molecule has 1 atom stereocenters. The van der Waals surface area contributed by atoms with E-state index < -0.39 is 4.92 Å². The summed E-state index contributed by atoms with van der Waals surface area (Å²) in [6.07, 6.45) is 5.64. The van der Waals surface area contributed by atoms with Gasteiger partial charge in [0.1, 0.15) is 0 Å². The standard InChI is InChI=1S/C19H17N5O2S/c25-24(26)16-5-3-15(4-6-16)21-19(27)23-13-12-22-11-1-2-17(22)18(23)14-7-9-20-10-8-14/h1-11,18H,12-13H2,(H,21,27). The Bertz CT molecular complexity index is 971. The lowest BCUT2D eigenvalue weighted by atomic mass is 10.0. The van der Waals surface area contributed by atoms with Gasteiger partial charge in [0.25, 0.3) is 5.69 Å². The molecule has 0 radical (unpaired) electrons. The molecule has 8 heteroatoms. The average molecular weight is 379 g/mol. The number of non-ortho nitro benzene ring substituents is 1. The first-order valence-corrected chi connectivity index (χ1v) is 8.91. The topological polar surface area (TPSA) is 76.2 Å². The zero-order chi connectivity index (χ0) is 18.8. The van der Waals surface area contributed by atoms with Crippen molar-refractivity contribution in [3.05, 3.63) is 88.5 Å². The summed E-state index contributed by atoms with van der Waals surface area (Å²) < 4.78 is 2.23. The summed E-state index contributed by atoms with van der Waals surface area (Å²) in [6.45, 7) is 1.60. The van der Waals surface area contributed by atoms with Gasteiger partial charge in [-0.05, 0) is 54.2 Å². The van der Waals surface area contributed by atoms with Crippen LogP contribution in [0, 0.1) is 10.1 Å². The number of nitrogens with one attached hydrogen (secondary N) is 1. The molecule has 1 aromatic carbocycles. The third-order valence-corrected chi connectivity index (χ3v) is 4.99. The third kappa shape index (κ3) is 3.39. The molecule has 7 nitrogen and oxygen atoms in total. The number of thiocarbonyl (C=S) groups is 1. The van der Waals surface area contributed by atoms with Crippen LogP contribution in [0.25, 0.3) is 0 Å². The lowest BCUT2D eigenvalue weighted by Crippen LogP contribution is -2.44. The number of benzene rings is 1. The van der Waals surface area contributed by atoms with Crippen LogP contribution in [-0.4, -0.2) is 31.0 Å². The number of anilines is 1. The van der Waals surface area contributed by atoms with Gasteiger partial charge in [0.05, 0.1) is 11.0 Å². The van der Waals surface area contributed by atoms with E-state index in [2.05, 4.69) is 32.0 Å². The first kappa shape index (κ1) is 17.2. The van der Waals surface area contributed by atoms with Crippen LogP contribution in [0.15, 0.2) is 67.1 Å². The molecule has 0 aliphatic carbocycles. The molecule has 1 N–H and O–H groups in total. The van der Waals surface area contributed by atoms with Crippen LogP contribution in [0.3, 0.4) is 0 Å². The Hall–Kier alpha value is -3.26. The third-order valence-electron chi connectivity index (χ3n) is 4.65.